The second-order valence-corrected chi connectivity index (χ2v) is 4.79. The first-order valence-electron chi connectivity index (χ1n) is 6.01. The van der Waals surface area contributed by atoms with Crippen LogP contribution in [-0.2, 0) is 19.9 Å². The Labute approximate surface area is 116 Å². The second-order valence-electron chi connectivity index (χ2n) is 4.35. The minimum absolute atomic E-state index is 0.0156. The molecule has 2 rings (SSSR count). The molecule has 0 atom stereocenters. The van der Waals surface area contributed by atoms with E-state index in [0.29, 0.717) is 22.6 Å². The van der Waals surface area contributed by atoms with Crippen LogP contribution in [0.5, 0.6) is 0 Å². The van der Waals surface area contributed by atoms with Crippen LogP contribution in [0.15, 0.2) is 24.4 Å². The molecule has 0 saturated heterocycles. The number of ketones is 1. The molecule has 0 fully saturated rings. The Morgan fingerprint density at radius 2 is 2.21 bits per heavy atom. The molecule has 0 radical (unpaired) electrons. The van der Waals surface area contributed by atoms with E-state index in [9.17, 15) is 9.18 Å². The lowest BCUT2D eigenvalue weighted by Gasteiger charge is -2.03. The average Bonchev–Trinajstić information content (AvgIpc) is 2.74. The number of carbonyl (C=O) groups is 1. The summed E-state index contributed by atoms with van der Waals surface area (Å²) < 4.78 is 15.3. The van der Waals surface area contributed by atoms with E-state index in [2.05, 4.69) is 5.10 Å². The number of benzene rings is 1. The summed E-state index contributed by atoms with van der Waals surface area (Å²) >= 11 is 5.68. The predicted octanol–water partition coefficient (Wildman–Crippen LogP) is 3.20. The fourth-order valence-corrected chi connectivity index (χ4v) is 2.12. The maximum atomic E-state index is 13.7. The first-order chi connectivity index (χ1) is 9.01. The highest BCUT2D eigenvalue weighted by Crippen LogP contribution is 2.17. The van der Waals surface area contributed by atoms with Gasteiger partial charge < -0.3 is 0 Å². The molecular weight excluding hydrogens is 267 g/mol. The summed E-state index contributed by atoms with van der Waals surface area (Å²) in [7, 11) is 1.76. The van der Waals surface area contributed by atoms with Gasteiger partial charge >= 0.3 is 0 Å². The van der Waals surface area contributed by atoms with E-state index < -0.39 is 5.82 Å². The Kier molecular flexibility index (Phi) is 4.00. The zero-order chi connectivity index (χ0) is 14.0. The van der Waals surface area contributed by atoms with E-state index in [-0.39, 0.29) is 12.2 Å². The fourth-order valence-electron chi connectivity index (χ4n) is 1.96. The summed E-state index contributed by atoms with van der Waals surface area (Å²) in [5.41, 5.74) is 1.64. The van der Waals surface area contributed by atoms with Crippen LogP contribution in [0.25, 0.3) is 0 Å². The van der Waals surface area contributed by atoms with E-state index in [4.69, 9.17) is 11.6 Å². The average molecular weight is 281 g/mol. The van der Waals surface area contributed by atoms with Gasteiger partial charge in [0.25, 0.3) is 0 Å². The lowest BCUT2D eigenvalue weighted by Crippen LogP contribution is -2.06. The SMILES string of the molecule is CCc1nn(C)cc1C(=O)Cc1ccc(Cl)cc1F. The van der Waals surface area contributed by atoms with E-state index in [0.717, 1.165) is 5.69 Å². The largest absolute Gasteiger partial charge is 0.294 e. The van der Waals surface area contributed by atoms with Crippen LogP contribution < -0.4 is 0 Å². The van der Waals surface area contributed by atoms with Crippen molar-refractivity contribution >= 4 is 17.4 Å². The summed E-state index contributed by atoms with van der Waals surface area (Å²) in [6.45, 7) is 1.93. The molecule has 3 nitrogen and oxygen atoms in total. The Balaban J connectivity index is 2.25. The van der Waals surface area contributed by atoms with Crippen LogP contribution in [-0.4, -0.2) is 15.6 Å². The minimum Gasteiger partial charge on any atom is -0.294 e. The van der Waals surface area contributed by atoms with Crippen LogP contribution in [0, 0.1) is 5.82 Å². The molecule has 0 aliphatic rings. The Morgan fingerprint density at radius 3 is 2.84 bits per heavy atom. The van der Waals surface area contributed by atoms with Crippen molar-refractivity contribution in [2.24, 2.45) is 7.05 Å². The molecule has 100 valence electrons. The number of rotatable bonds is 4. The zero-order valence-corrected chi connectivity index (χ0v) is 11.5. The minimum atomic E-state index is -0.456. The molecule has 0 spiro atoms. The monoisotopic (exact) mass is 280 g/mol. The van der Waals surface area contributed by atoms with Crippen LogP contribution in [0.2, 0.25) is 5.02 Å². The first kappa shape index (κ1) is 13.7. The molecule has 0 bridgehead atoms. The molecule has 0 amide bonds. The van der Waals surface area contributed by atoms with E-state index >= 15 is 0 Å². The van der Waals surface area contributed by atoms with Crippen LogP contribution in [0.1, 0.15) is 28.5 Å². The van der Waals surface area contributed by atoms with Gasteiger partial charge in [-0.2, -0.15) is 5.10 Å². The van der Waals surface area contributed by atoms with Gasteiger partial charge in [-0.15, -0.1) is 0 Å². The highest BCUT2D eigenvalue weighted by Gasteiger charge is 2.16. The number of aryl methyl sites for hydroxylation is 2. The molecule has 0 unspecified atom stereocenters. The lowest BCUT2D eigenvalue weighted by atomic mass is 10.0. The molecule has 0 saturated carbocycles. The number of nitrogens with zero attached hydrogens (tertiary/aromatic N) is 2. The van der Waals surface area contributed by atoms with Gasteiger partial charge in [0, 0.05) is 24.7 Å². The topological polar surface area (TPSA) is 34.9 Å². The molecule has 1 aromatic heterocycles. The standard InChI is InChI=1S/C14H14ClFN2O/c1-3-13-11(8-18(2)17-13)14(19)6-9-4-5-10(15)7-12(9)16/h4-5,7-8H,3,6H2,1-2H3. The number of halogens is 2. The van der Waals surface area contributed by atoms with Crippen molar-refractivity contribution in [3.05, 3.63) is 52.1 Å². The van der Waals surface area contributed by atoms with Crippen molar-refractivity contribution in [3.63, 3.8) is 0 Å². The molecule has 5 heteroatoms. The van der Waals surface area contributed by atoms with Gasteiger partial charge in [0.15, 0.2) is 5.78 Å². The lowest BCUT2D eigenvalue weighted by molar-refractivity contribution is 0.0991. The van der Waals surface area contributed by atoms with Crippen molar-refractivity contribution in [1.82, 2.24) is 9.78 Å². The first-order valence-corrected chi connectivity index (χ1v) is 6.38. The summed E-state index contributed by atoms with van der Waals surface area (Å²) in [5.74, 6) is -0.589. The number of Topliss-reactive ketones (excluding diaryl/α,β-unsaturated/α-hetero) is 1. The number of carbonyl (C=O) groups excluding carboxylic acids is 1. The molecule has 0 aliphatic carbocycles. The van der Waals surface area contributed by atoms with Crippen molar-refractivity contribution < 1.29 is 9.18 Å². The molecule has 1 heterocycles. The summed E-state index contributed by atoms with van der Waals surface area (Å²) in [6.07, 6.45) is 2.36. The Hall–Kier alpha value is -1.68. The van der Waals surface area contributed by atoms with Crippen molar-refractivity contribution in [2.45, 2.75) is 19.8 Å². The Morgan fingerprint density at radius 1 is 1.47 bits per heavy atom. The van der Waals surface area contributed by atoms with E-state index in [1.54, 1.807) is 24.0 Å². The van der Waals surface area contributed by atoms with Gasteiger partial charge in [0.05, 0.1) is 11.3 Å². The van der Waals surface area contributed by atoms with Gasteiger partial charge in [-0.1, -0.05) is 24.6 Å². The van der Waals surface area contributed by atoms with Gasteiger partial charge in [-0.3, -0.25) is 9.48 Å². The zero-order valence-electron chi connectivity index (χ0n) is 10.8. The quantitative estimate of drug-likeness (QED) is 0.806. The fraction of sp³-hybridized carbons (Fsp3) is 0.286. The Bertz CT molecular complexity index is 622. The van der Waals surface area contributed by atoms with Crippen molar-refractivity contribution in [1.29, 1.82) is 0 Å². The number of hydrogen-bond donors (Lipinski definition) is 0. The number of aromatic nitrogens is 2. The highest BCUT2D eigenvalue weighted by atomic mass is 35.5. The molecule has 0 aliphatic heterocycles. The highest BCUT2D eigenvalue weighted by molar-refractivity contribution is 6.30. The second kappa shape index (κ2) is 5.53. The summed E-state index contributed by atoms with van der Waals surface area (Å²) in [5, 5.41) is 4.53. The molecule has 19 heavy (non-hydrogen) atoms. The third kappa shape index (κ3) is 3.01. The van der Waals surface area contributed by atoms with Crippen LogP contribution in [0.3, 0.4) is 0 Å². The molecule has 1 aromatic carbocycles. The maximum Gasteiger partial charge on any atom is 0.170 e. The van der Waals surface area contributed by atoms with Gasteiger partial charge in [-0.25, -0.2) is 4.39 Å². The normalized spacial score (nSPS) is 10.7. The maximum absolute atomic E-state index is 13.7. The molecule has 0 N–H and O–H groups in total. The van der Waals surface area contributed by atoms with Crippen LogP contribution >= 0.6 is 11.6 Å². The summed E-state index contributed by atoms with van der Waals surface area (Å²) in [6, 6.07) is 4.34. The van der Waals surface area contributed by atoms with Crippen molar-refractivity contribution in [3.8, 4) is 0 Å². The molecule has 2 aromatic rings. The van der Waals surface area contributed by atoms with Crippen LogP contribution in [0.4, 0.5) is 4.39 Å². The van der Waals surface area contributed by atoms with E-state index in [1.807, 2.05) is 6.92 Å². The predicted molar refractivity (Wildman–Crippen MR) is 72.0 cm³/mol. The number of hydrogen-bond acceptors (Lipinski definition) is 2. The van der Waals surface area contributed by atoms with Crippen molar-refractivity contribution in [2.75, 3.05) is 0 Å². The van der Waals surface area contributed by atoms with Gasteiger partial charge in [-0.05, 0) is 24.1 Å². The third-order valence-corrected chi connectivity index (χ3v) is 3.14. The van der Waals surface area contributed by atoms with E-state index in [1.165, 1.54) is 12.1 Å². The summed E-state index contributed by atoms with van der Waals surface area (Å²) in [4.78, 5) is 12.2. The third-order valence-electron chi connectivity index (χ3n) is 2.91. The smallest absolute Gasteiger partial charge is 0.170 e. The van der Waals surface area contributed by atoms with Gasteiger partial charge in [0.1, 0.15) is 5.82 Å². The molecular formula is C14H14ClFN2O. The van der Waals surface area contributed by atoms with Gasteiger partial charge in [0.2, 0.25) is 0 Å².